The van der Waals surface area contributed by atoms with E-state index in [1.807, 2.05) is 17.5 Å². The number of hydrogen-bond acceptors (Lipinski definition) is 5. The van der Waals surface area contributed by atoms with E-state index in [4.69, 9.17) is 16.3 Å². The van der Waals surface area contributed by atoms with Crippen molar-refractivity contribution in [3.8, 4) is 0 Å². The molecule has 0 aliphatic carbocycles. The molecule has 0 aliphatic rings. The second-order valence-corrected chi connectivity index (χ2v) is 7.81. The van der Waals surface area contributed by atoms with Crippen molar-refractivity contribution in [2.75, 3.05) is 12.9 Å². The van der Waals surface area contributed by atoms with Gasteiger partial charge >= 0.3 is 5.97 Å². The van der Waals surface area contributed by atoms with Gasteiger partial charge in [0.25, 0.3) is 0 Å². The summed E-state index contributed by atoms with van der Waals surface area (Å²) in [7, 11) is -3.48. The number of sulfone groups is 1. The van der Waals surface area contributed by atoms with Crippen molar-refractivity contribution in [3.05, 3.63) is 51.2 Å². The first kappa shape index (κ1) is 16.0. The van der Waals surface area contributed by atoms with Crippen LogP contribution in [0.2, 0.25) is 5.02 Å². The van der Waals surface area contributed by atoms with Crippen molar-refractivity contribution in [1.82, 2.24) is 0 Å². The van der Waals surface area contributed by atoms with Crippen LogP contribution in [-0.4, -0.2) is 27.2 Å². The summed E-state index contributed by atoms with van der Waals surface area (Å²) < 4.78 is 28.3. The van der Waals surface area contributed by atoms with Crippen LogP contribution in [0, 0.1) is 0 Å². The Labute approximate surface area is 132 Å². The lowest BCUT2D eigenvalue weighted by Gasteiger charge is -2.07. The largest absolute Gasteiger partial charge is 0.462 e. The lowest BCUT2D eigenvalue weighted by atomic mass is 10.2. The van der Waals surface area contributed by atoms with Crippen LogP contribution in [0.4, 0.5) is 0 Å². The maximum Gasteiger partial charge on any atom is 0.338 e. The molecular weight excluding hydrogens is 332 g/mol. The lowest BCUT2D eigenvalue weighted by molar-refractivity contribution is 0.0509. The molecule has 1 heterocycles. The number of hydrogen-bond donors (Lipinski definition) is 0. The first-order valence-electron chi connectivity index (χ1n) is 6.07. The van der Waals surface area contributed by atoms with Gasteiger partial charge in [-0.05, 0) is 29.6 Å². The Kier molecular flexibility index (Phi) is 5.03. The van der Waals surface area contributed by atoms with Crippen LogP contribution >= 0.6 is 22.9 Å². The molecule has 4 nitrogen and oxygen atoms in total. The Morgan fingerprint density at radius 3 is 2.71 bits per heavy atom. The summed E-state index contributed by atoms with van der Waals surface area (Å²) in [5.41, 5.74) is 0.172. The fourth-order valence-corrected chi connectivity index (χ4v) is 3.69. The average Bonchev–Trinajstić information content (AvgIpc) is 2.91. The van der Waals surface area contributed by atoms with E-state index in [1.165, 1.54) is 18.2 Å². The molecule has 0 atom stereocenters. The maximum atomic E-state index is 11.9. The molecule has 7 heteroatoms. The summed E-state index contributed by atoms with van der Waals surface area (Å²) in [4.78, 5) is 13.0. The van der Waals surface area contributed by atoms with Gasteiger partial charge in [0.15, 0.2) is 9.84 Å². The molecule has 1 aromatic carbocycles. The predicted octanol–water partition coefficient (Wildman–Crippen LogP) is 3.20. The third kappa shape index (κ3) is 4.30. The number of ether oxygens (including phenoxy) is 1. The highest BCUT2D eigenvalue weighted by Crippen LogP contribution is 2.23. The molecule has 0 aliphatic heterocycles. The summed E-state index contributed by atoms with van der Waals surface area (Å²) >= 11 is 7.42. The molecule has 0 saturated heterocycles. The molecule has 2 aromatic rings. The highest BCUT2D eigenvalue weighted by molar-refractivity contribution is 7.90. The number of halogens is 1. The third-order valence-electron chi connectivity index (χ3n) is 2.73. The second-order valence-electron chi connectivity index (χ2n) is 4.38. The van der Waals surface area contributed by atoms with Crippen LogP contribution in [0.1, 0.15) is 15.2 Å². The van der Waals surface area contributed by atoms with Crippen LogP contribution in [0.15, 0.2) is 40.6 Å². The van der Waals surface area contributed by atoms with E-state index in [2.05, 4.69) is 0 Å². The molecule has 2 rings (SSSR count). The number of rotatable bonds is 5. The molecule has 21 heavy (non-hydrogen) atoms. The Hall–Kier alpha value is -1.37. The van der Waals surface area contributed by atoms with E-state index in [0.29, 0.717) is 6.42 Å². The Balaban J connectivity index is 2.06. The predicted molar refractivity (Wildman–Crippen MR) is 82.9 cm³/mol. The van der Waals surface area contributed by atoms with Gasteiger partial charge in [0.05, 0.1) is 22.1 Å². The molecule has 0 fully saturated rings. The smallest absolute Gasteiger partial charge is 0.338 e. The van der Waals surface area contributed by atoms with Crippen LogP contribution < -0.4 is 0 Å². The van der Waals surface area contributed by atoms with Crippen LogP contribution in [0.5, 0.6) is 0 Å². The van der Waals surface area contributed by atoms with Gasteiger partial charge in [0.1, 0.15) is 0 Å². The Morgan fingerprint density at radius 2 is 2.10 bits per heavy atom. The minimum Gasteiger partial charge on any atom is -0.462 e. The fourth-order valence-electron chi connectivity index (χ4n) is 1.70. The van der Waals surface area contributed by atoms with Crippen molar-refractivity contribution < 1.29 is 17.9 Å². The molecule has 0 unspecified atom stereocenters. The van der Waals surface area contributed by atoms with E-state index in [-0.39, 0.29) is 22.1 Å². The summed E-state index contributed by atoms with van der Waals surface area (Å²) in [6.45, 7) is 0.246. The van der Waals surface area contributed by atoms with E-state index in [9.17, 15) is 13.2 Å². The van der Waals surface area contributed by atoms with Crippen LogP contribution in [0.3, 0.4) is 0 Å². The zero-order valence-electron chi connectivity index (χ0n) is 11.2. The average molecular weight is 345 g/mol. The maximum absolute atomic E-state index is 11.9. The molecular formula is C14H13ClO4S2. The molecule has 1 aromatic heterocycles. The van der Waals surface area contributed by atoms with Gasteiger partial charge in [-0.1, -0.05) is 17.7 Å². The molecule has 112 valence electrons. The Bertz CT molecular complexity index is 736. The number of esters is 1. The topological polar surface area (TPSA) is 60.4 Å². The quantitative estimate of drug-likeness (QED) is 0.781. The van der Waals surface area contributed by atoms with Gasteiger partial charge in [-0.25, -0.2) is 13.2 Å². The standard InChI is InChI=1S/C14H13ClO4S2/c1-21(17,18)13-9-10(4-5-12(13)15)14(16)19-7-6-11-3-2-8-20-11/h2-5,8-9H,6-7H2,1H3. The summed E-state index contributed by atoms with van der Waals surface area (Å²) in [6, 6.07) is 7.96. The minimum atomic E-state index is -3.48. The normalized spacial score (nSPS) is 11.3. The molecule has 0 bridgehead atoms. The first-order chi connectivity index (χ1) is 9.88. The van der Waals surface area contributed by atoms with E-state index in [1.54, 1.807) is 11.3 Å². The zero-order valence-corrected chi connectivity index (χ0v) is 13.6. The van der Waals surface area contributed by atoms with Gasteiger partial charge in [-0.2, -0.15) is 0 Å². The minimum absolute atomic E-state index is 0.0723. The summed E-state index contributed by atoms with van der Waals surface area (Å²) in [5.74, 6) is -0.562. The van der Waals surface area contributed by atoms with Crippen molar-refractivity contribution in [2.24, 2.45) is 0 Å². The third-order valence-corrected chi connectivity index (χ3v) is 5.24. The lowest BCUT2D eigenvalue weighted by Crippen LogP contribution is -2.09. The summed E-state index contributed by atoms with van der Waals surface area (Å²) in [6.07, 6.45) is 1.68. The first-order valence-corrected chi connectivity index (χ1v) is 9.22. The fraction of sp³-hybridized carbons (Fsp3) is 0.214. The van der Waals surface area contributed by atoms with Crippen LogP contribution in [0.25, 0.3) is 0 Å². The van der Waals surface area contributed by atoms with E-state index < -0.39 is 15.8 Å². The second kappa shape index (κ2) is 6.60. The molecule has 0 radical (unpaired) electrons. The molecule has 0 saturated carbocycles. The van der Waals surface area contributed by atoms with E-state index >= 15 is 0 Å². The molecule has 0 N–H and O–H groups in total. The van der Waals surface area contributed by atoms with Gasteiger partial charge in [0.2, 0.25) is 0 Å². The highest BCUT2D eigenvalue weighted by Gasteiger charge is 2.16. The van der Waals surface area contributed by atoms with Crippen molar-refractivity contribution in [1.29, 1.82) is 0 Å². The SMILES string of the molecule is CS(=O)(=O)c1cc(C(=O)OCCc2cccs2)ccc1Cl. The van der Waals surface area contributed by atoms with Crippen molar-refractivity contribution >= 4 is 38.7 Å². The van der Waals surface area contributed by atoms with Gasteiger partial charge in [-0.3, -0.25) is 0 Å². The molecule has 0 spiro atoms. The van der Waals surface area contributed by atoms with E-state index in [0.717, 1.165) is 11.1 Å². The number of thiophene rings is 1. The van der Waals surface area contributed by atoms with Gasteiger partial charge in [0, 0.05) is 17.6 Å². The number of benzene rings is 1. The monoisotopic (exact) mass is 344 g/mol. The molecule has 0 amide bonds. The van der Waals surface area contributed by atoms with Gasteiger partial charge < -0.3 is 4.74 Å². The van der Waals surface area contributed by atoms with Crippen LogP contribution in [-0.2, 0) is 21.0 Å². The number of carbonyl (C=O) groups is 1. The zero-order chi connectivity index (χ0) is 15.5. The van der Waals surface area contributed by atoms with Crippen molar-refractivity contribution in [3.63, 3.8) is 0 Å². The van der Waals surface area contributed by atoms with Gasteiger partial charge in [-0.15, -0.1) is 11.3 Å². The highest BCUT2D eigenvalue weighted by atomic mass is 35.5. The number of carbonyl (C=O) groups excluding carboxylic acids is 1. The van der Waals surface area contributed by atoms with Crippen molar-refractivity contribution in [2.45, 2.75) is 11.3 Å². The summed E-state index contributed by atoms with van der Waals surface area (Å²) in [5, 5.41) is 2.04. The Morgan fingerprint density at radius 1 is 1.33 bits per heavy atom.